The fraction of sp³-hybridized carbons (Fsp3) is 0.0794. The molecule has 0 spiro atoms. The number of anilines is 9. The first-order valence-electron chi connectivity index (χ1n) is 23.5. The van der Waals surface area contributed by atoms with Gasteiger partial charge in [0.25, 0.3) is 0 Å². The van der Waals surface area contributed by atoms with Crippen LogP contribution in [0.15, 0.2) is 209 Å². The standard InChI is InChI=1S/C63H45N3O2/c1-38-25-29-42(30-26-38)64-43-13-9-15-45(35-43)65(53-21-11-19-49-47-17-5-7-23-57(47)67-61(49)53)55-37-56(52-32-28-40-34-41(63(2,3)4)33-39-27-31-51(55)60(52)59(39)40)66(46-16-10-14-44(64)36-46)54-22-12-20-50-48-18-6-8-24-58(48)68-62(50)54/h5-37H,1-4H3. The van der Waals surface area contributed by atoms with Crippen molar-refractivity contribution in [1.29, 1.82) is 0 Å². The van der Waals surface area contributed by atoms with Crippen LogP contribution in [0.5, 0.6) is 0 Å². The van der Waals surface area contributed by atoms with Gasteiger partial charge in [-0.2, -0.15) is 0 Å². The Bertz CT molecular complexity index is 3940. The zero-order chi connectivity index (χ0) is 45.4. The van der Waals surface area contributed by atoms with Crippen molar-refractivity contribution in [3.8, 4) is 0 Å². The predicted molar refractivity (Wildman–Crippen MR) is 286 cm³/mol. The topological polar surface area (TPSA) is 36.0 Å². The lowest BCUT2D eigenvalue weighted by Gasteiger charge is -2.35. The van der Waals surface area contributed by atoms with E-state index in [2.05, 4.69) is 230 Å². The van der Waals surface area contributed by atoms with Gasteiger partial charge in [-0.1, -0.05) is 148 Å². The number of benzene rings is 11. The molecule has 0 radical (unpaired) electrons. The van der Waals surface area contributed by atoms with E-state index >= 15 is 0 Å². The minimum atomic E-state index is -0.0266. The summed E-state index contributed by atoms with van der Waals surface area (Å²) < 4.78 is 13.9. The van der Waals surface area contributed by atoms with Gasteiger partial charge in [0, 0.05) is 66.1 Å². The van der Waals surface area contributed by atoms with E-state index in [0.29, 0.717) is 0 Å². The quantitative estimate of drug-likeness (QED) is 0.165. The van der Waals surface area contributed by atoms with Gasteiger partial charge in [-0.15, -0.1) is 0 Å². The lowest BCUT2D eigenvalue weighted by atomic mass is 9.83. The number of nitrogens with zero attached hydrogens (tertiary/aromatic N) is 3. The molecule has 0 fully saturated rings. The summed E-state index contributed by atoms with van der Waals surface area (Å²) in [5.74, 6) is 0. The van der Waals surface area contributed by atoms with Crippen LogP contribution in [0, 0.1) is 6.92 Å². The van der Waals surface area contributed by atoms with E-state index in [4.69, 9.17) is 8.83 Å². The van der Waals surface area contributed by atoms with E-state index in [9.17, 15) is 0 Å². The molecule has 0 atom stereocenters. The molecule has 13 aromatic rings. The first-order valence-corrected chi connectivity index (χ1v) is 23.5. The van der Waals surface area contributed by atoms with E-state index in [1.165, 1.54) is 32.7 Å². The number of rotatable bonds is 3. The first kappa shape index (κ1) is 38.7. The van der Waals surface area contributed by atoms with Gasteiger partial charge in [-0.25, -0.2) is 0 Å². The summed E-state index contributed by atoms with van der Waals surface area (Å²) in [7, 11) is 0. The number of aryl methyl sites for hydroxylation is 1. The average Bonchev–Trinajstić information content (AvgIpc) is 3.94. The highest BCUT2D eigenvalue weighted by Crippen LogP contribution is 2.54. The van der Waals surface area contributed by atoms with Crippen molar-refractivity contribution in [2.45, 2.75) is 33.1 Å². The maximum Gasteiger partial charge on any atom is 0.159 e. The minimum absolute atomic E-state index is 0.0266. The van der Waals surface area contributed by atoms with Crippen molar-refractivity contribution in [2.75, 3.05) is 14.7 Å². The van der Waals surface area contributed by atoms with Gasteiger partial charge in [0.05, 0.1) is 22.7 Å². The van der Waals surface area contributed by atoms with Gasteiger partial charge < -0.3 is 23.5 Å². The van der Waals surface area contributed by atoms with E-state index in [0.717, 1.165) is 106 Å². The lowest BCUT2D eigenvalue weighted by molar-refractivity contribution is 0.591. The molecule has 68 heavy (non-hydrogen) atoms. The van der Waals surface area contributed by atoms with Crippen molar-refractivity contribution < 1.29 is 8.83 Å². The smallest absolute Gasteiger partial charge is 0.159 e. The molecular weight excluding hydrogens is 831 g/mol. The van der Waals surface area contributed by atoms with Gasteiger partial charge >= 0.3 is 0 Å². The zero-order valence-electron chi connectivity index (χ0n) is 38.2. The van der Waals surface area contributed by atoms with Gasteiger partial charge in [0.1, 0.15) is 11.2 Å². The lowest BCUT2D eigenvalue weighted by Crippen LogP contribution is -2.17. The summed E-state index contributed by atoms with van der Waals surface area (Å²) >= 11 is 0. The number of para-hydroxylation sites is 4. The Kier molecular flexibility index (Phi) is 8.10. The molecule has 1 aliphatic rings. The van der Waals surface area contributed by atoms with Gasteiger partial charge in [-0.3, -0.25) is 0 Å². The molecule has 3 heterocycles. The molecule has 0 saturated heterocycles. The molecule has 1 aliphatic heterocycles. The summed E-state index contributed by atoms with van der Waals surface area (Å²) in [5, 5.41) is 11.5. The Morgan fingerprint density at radius 1 is 0.338 bits per heavy atom. The van der Waals surface area contributed by atoms with Crippen molar-refractivity contribution >= 4 is 127 Å². The SMILES string of the molecule is Cc1ccc(N2c3cccc(c3)N(c3cccc4c3oc3ccccc34)c3cc(c4ccc5cc(C(C)(C)C)cc6ccc3c4c65)N(c3cccc4c3oc3ccccc34)c3cccc2c3)cc1. The molecule has 0 N–H and O–H groups in total. The third kappa shape index (κ3) is 5.69. The summed E-state index contributed by atoms with van der Waals surface area (Å²) in [6.45, 7) is 9.04. The molecule has 11 aromatic carbocycles. The molecule has 14 rings (SSSR count). The molecule has 6 bridgehead atoms. The number of hydrogen-bond acceptors (Lipinski definition) is 5. The summed E-state index contributed by atoms with van der Waals surface area (Å²) in [5.41, 5.74) is 15.0. The molecular formula is C63H45N3O2. The monoisotopic (exact) mass is 875 g/mol. The Labute approximate surface area is 393 Å². The maximum atomic E-state index is 6.95. The molecule has 5 heteroatoms. The fourth-order valence-corrected chi connectivity index (χ4v) is 11.0. The van der Waals surface area contributed by atoms with Crippen molar-refractivity contribution in [3.05, 3.63) is 211 Å². The molecule has 5 nitrogen and oxygen atoms in total. The zero-order valence-corrected chi connectivity index (χ0v) is 38.2. The number of hydrogen-bond donors (Lipinski definition) is 0. The molecule has 324 valence electrons. The normalized spacial score (nSPS) is 13.2. The molecule has 0 amide bonds. The number of fused-ring (bicyclic) bond motifs is 14. The van der Waals surface area contributed by atoms with Crippen LogP contribution >= 0.6 is 0 Å². The minimum Gasteiger partial charge on any atom is -0.454 e. The van der Waals surface area contributed by atoms with E-state index in [1.807, 2.05) is 12.1 Å². The molecule has 0 aliphatic carbocycles. The van der Waals surface area contributed by atoms with Gasteiger partial charge in [0.2, 0.25) is 0 Å². The van der Waals surface area contributed by atoms with E-state index in [1.54, 1.807) is 0 Å². The second kappa shape index (κ2) is 14.2. The van der Waals surface area contributed by atoms with Crippen LogP contribution in [0.1, 0.15) is 31.9 Å². The summed E-state index contributed by atoms with van der Waals surface area (Å²) in [6, 6.07) is 73.2. The van der Waals surface area contributed by atoms with Gasteiger partial charge in [-0.05, 0) is 113 Å². The Morgan fingerprint density at radius 3 is 1.29 bits per heavy atom. The van der Waals surface area contributed by atoms with Crippen LogP contribution in [0.2, 0.25) is 0 Å². The van der Waals surface area contributed by atoms with Crippen molar-refractivity contribution in [1.82, 2.24) is 0 Å². The second-order valence-electron chi connectivity index (χ2n) is 19.4. The summed E-state index contributed by atoms with van der Waals surface area (Å²) in [6.07, 6.45) is 0. The Balaban J connectivity index is 1.18. The summed E-state index contributed by atoms with van der Waals surface area (Å²) in [4.78, 5) is 7.25. The molecule has 0 unspecified atom stereocenters. The van der Waals surface area contributed by atoms with E-state index in [-0.39, 0.29) is 5.41 Å². The van der Waals surface area contributed by atoms with Crippen LogP contribution < -0.4 is 14.7 Å². The Hall–Kier alpha value is -8.54. The second-order valence-corrected chi connectivity index (χ2v) is 19.4. The van der Waals surface area contributed by atoms with Crippen LogP contribution in [0.25, 0.3) is 76.2 Å². The van der Waals surface area contributed by atoms with Crippen LogP contribution in [-0.4, -0.2) is 0 Å². The largest absolute Gasteiger partial charge is 0.454 e. The first-order chi connectivity index (χ1) is 33.2. The van der Waals surface area contributed by atoms with Crippen molar-refractivity contribution in [2.24, 2.45) is 0 Å². The Morgan fingerprint density at radius 2 is 0.794 bits per heavy atom. The van der Waals surface area contributed by atoms with Crippen LogP contribution in [0.4, 0.5) is 51.2 Å². The van der Waals surface area contributed by atoms with Gasteiger partial charge in [0.15, 0.2) is 11.2 Å². The number of furan rings is 2. The molecule has 0 saturated carbocycles. The van der Waals surface area contributed by atoms with Crippen molar-refractivity contribution in [3.63, 3.8) is 0 Å². The predicted octanol–water partition coefficient (Wildman–Crippen LogP) is 18.7. The fourth-order valence-electron chi connectivity index (χ4n) is 11.0. The van der Waals surface area contributed by atoms with Crippen LogP contribution in [0.3, 0.4) is 0 Å². The van der Waals surface area contributed by atoms with Crippen LogP contribution in [-0.2, 0) is 5.41 Å². The molecule has 2 aromatic heterocycles. The van der Waals surface area contributed by atoms with E-state index < -0.39 is 0 Å². The highest BCUT2D eigenvalue weighted by atomic mass is 16.3. The highest BCUT2D eigenvalue weighted by molar-refractivity contribution is 6.30. The average molecular weight is 876 g/mol. The third-order valence-corrected chi connectivity index (χ3v) is 14.3. The third-order valence-electron chi connectivity index (χ3n) is 14.3. The maximum absolute atomic E-state index is 6.95. The highest BCUT2D eigenvalue weighted by Gasteiger charge is 2.30.